The van der Waals surface area contributed by atoms with Crippen molar-refractivity contribution in [3.8, 4) is 6.07 Å². The van der Waals surface area contributed by atoms with Crippen LogP contribution in [0, 0.1) is 26.9 Å². The minimum atomic E-state index is -0.649. The minimum Gasteiger partial charge on any atom is -0.388 e. The Kier molecular flexibility index (Phi) is 4.15. The van der Waals surface area contributed by atoms with Gasteiger partial charge in [0.1, 0.15) is 11.6 Å². The lowest BCUT2D eigenvalue weighted by atomic mass is 9.92. The van der Waals surface area contributed by atoms with Gasteiger partial charge in [-0.2, -0.15) is 5.26 Å². The van der Waals surface area contributed by atoms with Crippen LogP contribution in [0.5, 0.6) is 0 Å². The van der Waals surface area contributed by atoms with Gasteiger partial charge in [-0.15, -0.1) is 0 Å². The van der Waals surface area contributed by atoms with Crippen LogP contribution in [0.15, 0.2) is 42.6 Å². The van der Waals surface area contributed by atoms with Gasteiger partial charge in [0, 0.05) is 18.2 Å². The average Bonchev–Trinajstić information content (AvgIpc) is 3.40. The normalized spacial score (nSPS) is 16.0. The molecule has 0 radical (unpaired) electrons. The van der Waals surface area contributed by atoms with Crippen LogP contribution in [-0.2, 0) is 0 Å². The zero-order valence-electron chi connectivity index (χ0n) is 12.8. The summed E-state index contributed by atoms with van der Waals surface area (Å²) in [7, 11) is 0. The third kappa shape index (κ3) is 2.92. The first-order valence-electron chi connectivity index (χ1n) is 7.58. The van der Waals surface area contributed by atoms with Gasteiger partial charge >= 0.3 is 5.69 Å². The van der Waals surface area contributed by atoms with Crippen molar-refractivity contribution in [3.63, 3.8) is 0 Å². The molecule has 7 nitrogen and oxygen atoms in total. The Morgan fingerprint density at radius 2 is 2.08 bits per heavy atom. The first-order chi connectivity index (χ1) is 11.6. The number of pyridine rings is 1. The molecule has 2 aromatic rings. The number of benzene rings is 1. The Morgan fingerprint density at radius 1 is 1.38 bits per heavy atom. The van der Waals surface area contributed by atoms with Gasteiger partial charge in [0.2, 0.25) is 5.82 Å². The lowest BCUT2D eigenvalue weighted by Gasteiger charge is -2.23. The van der Waals surface area contributed by atoms with Crippen LogP contribution < -0.4 is 5.32 Å². The average molecular weight is 324 g/mol. The number of aliphatic hydroxyl groups is 1. The number of nitrogens with zero attached hydrogens (tertiary/aromatic N) is 3. The predicted octanol–water partition coefficient (Wildman–Crippen LogP) is 2.79. The van der Waals surface area contributed by atoms with E-state index in [9.17, 15) is 15.2 Å². The van der Waals surface area contributed by atoms with Crippen molar-refractivity contribution in [1.82, 2.24) is 4.98 Å². The van der Waals surface area contributed by atoms with Crippen LogP contribution in [0.3, 0.4) is 0 Å². The highest BCUT2D eigenvalue weighted by molar-refractivity contribution is 5.64. The molecule has 7 heteroatoms. The largest absolute Gasteiger partial charge is 0.388 e. The zero-order valence-corrected chi connectivity index (χ0v) is 12.8. The number of nitrogens with one attached hydrogen (secondary N) is 1. The molecule has 1 aliphatic rings. The second-order valence-corrected chi connectivity index (χ2v) is 5.95. The smallest absolute Gasteiger partial charge is 0.328 e. The van der Waals surface area contributed by atoms with Gasteiger partial charge in [0.25, 0.3) is 0 Å². The van der Waals surface area contributed by atoms with Gasteiger partial charge in [0.05, 0.1) is 11.0 Å². The molecule has 1 fully saturated rings. The monoisotopic (exact) mass is 324 g/mol. The molecule has 2 N–H and O–H groups in total. The van der Waals surface area contributed by atoms with Gasteiger partial charge in [-0.3, -0.25) is 10.1 Å². The number of aliphatic hydroxyl groups excluding tert-OH is 1. The molecule has 1 saturated carbocycles. The first kappa shape index (κ1) is 15.9. The SMILES string of the molecule is N#Cc1ccnc(NCC2(C(O)c3ccccc3)CC2)c1[N+](=O)[O-]. The first-order valence-corrected chi connectivity index (χ1v) is 7.58. The van der Waals surface area contributed by atoms with Gasteiger partial charge in [0.15, 0.2) is 0 Å². The van der Waals surface area contributed by atoms with E-state index in [4.69, 9.17) is 5.26 Å². The quantitative estimate of drug-likeness (QED) is 0.624. The molecule has 0 saturated heterocycles. The van der Waals surface area contributed by atoms with E-state index in [-0.39, 0.29) is 22.5 Å². The molecule has 1 aliphatic carbocycles. The number of rotatable bonds is 6. The van der Waals surface area contributed by atoms with E-state index in [1.165, 1.54) is 12.3 Å². The van der Waals surface area contributed by atoms with Gasteiger partial charge in [-0.05, 0) is 24.5 Å². The van der Waals surface area contributed by atoms with Crippen molar-refractivity contribution >= 4 is 11.5 Å². The molecular weight excluding hydrogens is 308 g/mol. The van der Waals surface area contributed by atoms with Crippen LogP contribution in [0.25, 0.3) is 0 Å². The summed E-state index contributed by atoms with van der Waals surface area (Å²) in [5.74, 6) is 0.0607. The number of aromatic nitrogens is 1. The van der Waals surface area contributed by atoms with Gasteiger partial charge in [-0.1, -0.05) is 30.3 Å². The van der Waals surface area contributed by atoms with Crippen LogP contribution in [-0.4, -0.2) is 21.6 Å². The molecule has 1 unspecified atom stereocenters. The molecular formula is C17H16N4O3. The Labute approximate surface area is 138 Å². The van der Waals surface area contributed by atoms with Crippen LogP contribution >= 0.6 is 0 Å². The van der Waals surface area contributed by atoms with E-state index in [0.29, 0.717) is 6.54 Å². The maximum absolute atomic E-state index is 11.2. The number of hydrogen-bond acceptors (Lipinski definition) is 6. The lowest BCUT2D eigenvalue weighted by Crippen LogP contribution is -2.24. The van der Waals surface area contributed by atoms with Crippen molar-refractivity contribution in [2.45, 2.75) is 18.9 Å². The van der Waals surface area contributed by atoms with Crippen molar-refractivity contribution in [2.24, 2.45) is 5.41 Å². The molecule has 24 heavy (non-hydrogen) atoms. The summed E-state index contributed by atoms with van der Waals surface area (Å²) in [5.41, 5.74) is 0.0977. The Balaban J connectivity index is 1.79. The zero-order chi connectivity index (χ0) is 17.2. The summed E-state index contributed by atoms with van der Waals surface area (Å²) >= 11 is 0. The maximum Gasteiger partial charge on any atom is 0.328 e. The maximum atomic E-state index is 11.2. The lowest BCUT2D eigenvalue weighted by molar-refractivity contribution is -0.384. The third-order valence-electron chi connectivity index (χ3n) is 4.42. The minimum absolute atomic E-state index is 0.0362. The fourth-order valence-corrected chi connectivity index (χ4v) is 2.81. The fraction of sp³-hybridized carbons (Fsp3) is 0.294. The molecule has 0 bridgehead atoms. The van der Waals surface area contributed by atoms with Gasteiger partial charge in [-0.25, -0.2) is 4.98 Å². The second-order valence-electron chi connectivity index (χ2n) is 5.95. The molecule has 0 aliphatic heterocycles. The standard InChI is InChI=1S/C17H16N4O3/c18-10-13-6-9-19-16(14(13)21(23)24)20-11-17(7-8-17)15(22)12-4-2-1-3-5-12/h1-6,9,15,22H,7-8,11H2,(H,19,20). The Morgan fingerprint density at radius 3 is 2.67 bits per heavy atom. The van der Waals surface area contributed by atoms with Crippen LogP contribution in [0.1, 0.15) is 30.1 Å². The topological polar surface area (TPSA) is 112 Å². The summed E-state index contributed by atoms with van der Waals surface area (Å²) < 4.78 is 0. The molecule has 0 amide bonds. The molecule has 0 spiro atoms. The van der Waals surface area contributed by atoms with E-state index in [1.54, 1.807) is 0 Å². The third-order valence-corrected chi connectivity index (χ3v) is 4.42. The highest BCUT2D eigenvalue weighted by Gasteiger charge is 2.49. The predicted molar refractivity (Wildman–Crippen MR) is 87.2 cm³/mol. The number of anilines is 1. The summed E-state index contributed by atoms with van der Waals surface area (Å²) in [6.07, 6.45) is 2.36. The summed E-state index contributed by atoms with van der Waals surface area (Å²) in [6.45, 7) is 0.353. The number of nitriles is 1. The molecule has 1 atom stereocenters. The number of nitro groups is 1. The Hall–Kier alpha value is -2.98. The van der Waals surface area contributed by atoms with Crippen molar-refractivity contribution in [2.75, 3.05) is 11.9 Å². The van der Waals surface area contributed by atoms with E-state index < -0.39 is 11.0 Å². The highest BCUT2D eigenvalue weighted by atomic mass is 16.6. The van der Waals surface area contributed by atoms with Crippen molar-refractivity contribution in [3.05, 3.63) is 63.8 Å². The van der Waals surface area contributed by atoms with E-state index in [1.807, 2.05) is 36.4 Å². The van der Waals surface area contributed by atoms with Gasteiger partial charge < -0.3 is 10.4 Å². The fourth-order valence-electron chi connectivity index (χ4n) is 2.81. The molecule has 1 aromatic carbocycles. The van der Waals surface area contributed by atoms with Crippen LogP contribution in [0.2, 0.25) is 0 Å². The highest BCUT2D eigenvalue weighted by Crippen LogP contribution is 2.55. The Bertz CT molecular complexity index is 797. The summed E-state index contributed by atoms with van der Waals surface area (Å²) in [5, 5.41) is 33.8. The second kappa shape index (κ2) is 6.26. The van der Waals surface area contributed by atoms with E-state index in [0.717, 1.165) is 18.4 Å². The van der Waals surface area contributed by atoms with Crippen LogP contribution in [0.4, 0.5) is 11.5 Å². The molecule has 1 heterocycles. The molecule has 1 aromatic heterocycles. The van der Waals surface area contributed by atoms with Crippen molar-refractivity contribution in [1.29, 1.82) is 5.26 Å². The summed E-state index contributed by atoms with van der Waals surface area (Å²) in [6, 6.07) is 12.5. The van der Waals surface area contributed by atoms with E-state index >= 15 is 0 Å². The summed E-state index contributed by atoms with van der Waals surface area (Å²) in [4.78, 5) is 14.6. The van der Waals surface area contributed by atoms with Crippen molar-refractivity contribution < 1.29 is 10.0 Å². The molecule has 122 valence electrons. The number of hydrogen-bond donors (Lipinski definition) is 2. The molecule has 3 rings (SSSR count). The van der Waals surface area contributed by atoms with E-state index in [2.05, 4.69) is 10.3 Å².